The summed E-state index contributed by atoms with van der Waals surface area (Å²) >= 11 is 0.714. The number of hydrogen-bond donors (Lipinski definition) is 1. The van der Waals surface area contributed by atoms with E-state index in [0.717, 1.165) is 6.42 Å². The average molecular weight is 441 g/mol. The number of thiophene rings is 1. The van der Waals surface area contributed by atoms with Crippen molar-refractivity contribution in [2.45, 2.75) is 15.3 Å². The molecular formula is C17H12InNO2S2. The van der Waals surface area contributed by atoms with Crippen molar-refractivity contribution in [2.24, 2.45) is 0 Å². The standard InChI is InChI=1S/C17H12NO2S2.In/c19-16-15(22-17(20)18-16)11-13-6-2-1-5-12(13)7-3-8-14-9-4-10-21-14;/h1-2,4,6-7,9-11,15H,8H2,(H,18,19,20);. The number of benzene rings is 1. The zero-order valence-corrected chi connectivity index (χ0v) is 17.0. The summed E-state index contributed by atoms with van der Waals surface area (Å²) in [5.74, 6) is -0.0857. The molecule has 0 aliphatic carbocycles. The monoisotopic (exact) mass is 441 g/mol. The van der Waals surface area contributed by atoms with Gasteiger partial charge in [0.2, 0.25) is 0 Å². The zero-order chi connectivity index (χ0) is 15.6. The van der Waals surface area contributed by atoms with Gasteiger partial charge in [-0.2, -0.15) is 0 Å². The van der Waals surface area contributed by atoms with Crippen LogP contribution in [0.2, 0.25) is 0 Å². The molecule has 6 heteroatoms. The van der Waals surface area contributed by atoms with Gasteiger partial charge in [-0.25, -0.2) is 0 Å². The molecule has 3 nitrogen and oxygen atoms in total. The fourth-order valence-corrected chi connectivity index (χ4v) is 19.6. The summed E-state index contributed by atoms with van der Waals surface area (Å²) in [6.45, 7) is 0. The van der Waals surface area contributed by atoms with Crippen LogP contribution in [0.5, 0.6) is 0 Å². The Hall–Kier alpha value is -0.980. The van der Waals surface area contributed by atoms with Gasteiger partial charge in [0, 0.05) is 0 Å². The van der Waals surface area contributed by atoms with Gasteiger partial charge in [0.1, 0.15) is 0 Å². The third kappa shape index (κ3) is 2.11. The number of rotatable bonds is 3. The van der Waals surface area contributed by atoms with Crippen molar-refractivity contribution in [2.75, 3.05) is 0 Å². The van der Waals surface area contributed by atoms with Gasteiger partial charge < -0.3 is 0 Å². The van der Waals surface area contributed by atoms with E-state index in [-0.39, 0.29) is 16.4 Å². The molecule has 1 aromatic carbocycles. The molecule has 4 heterocycles. The van der Waals surface area contributed by atoms with Crippen LogP contribution < -0.4 is 8.64 Å². The van der Waals surface area contributed by atoms with Gasteiger partial charge in [0.05, 0.1) is 0 Å². The first-order chi connectivity index (χ1) is 11.2. The molecule has 3 aliphatic heterocycles. The Morgan fingerprint density at radius 2 is 2.09 bits per heavy atom. The van der Waals surface area contributed by atoms with Crippen LogP contribution in [0.15, 0.2) is 39.0 Å². The average Bonchev–Trinajstić information content (AvgIpc) is 3.25. The molecule has 0 spiro atoms. The SMILES string of the molecule is O=C1NC(=O)C([CH]2c3ccc[c]4c3C=[C](Cc3cccs3)[In]42)S1. The number of nitrogens with one attached hydrogen (secondary N) is 1. The van der Waals surface area contributed by atoms with E-state index in [1.54, 1.807) is 14.7 Å². The van der Waals surface area contributed by atoms with Crippen molar-refractivity contribution in [3.63, 3.8) is 0 Å². The van der Waals surface area contributed by atoms with Crippen LogP contribution in [-0.2, 0) is 11.2 Å². The fraction of sp³-hybridized carbons (Fsp3) is 0.176. The molecule has 2 unspecified atom stereocenters. The zero-order valence-electron chi connectivity index (χ0n) is 12.1. The van der Waals surface area contributed by atoms with E-state index in [1.165, 1.54) is 31.1 Å². The first-order valence-electron chi connectivity index (χ1n) is 7.59. The van der Waals surface area contributed by atoms with Crippen molar-refractivity contribution >= 4 is 65.1 Å². The van der Waals surface area contributed by atoms with Crippen LogP contribution in [0.25, 0.3) is 6.08 Å². The molecule has 23 heavy (non-hydrogen) atoms. The van der Waals surface area contributed by atoms with Crippen LogP contribution in [-0.4, -0.2) is 37.8 Å². The summed E-state index contributed by atoms with van der Waals surface area (Å²) in [5, 5.41) is 4.20. The molecule has 5 rings (SSSR count). The summed E-state index contributed by atoms with van der Waals surface area (Å²) in [4.78, 5) is 25.3. The van der Waals surface area contributed by atoms with Crippen LogP contribution in [0, 0.1) is 0 Å². The summed E-state index contributed by atoms with van der Waals surface area (Å²) in [5.41, 5.74) is 2.69. The van der Waals surface area contributed by atoms with Crippen molar-refractivity contribution in [3.8, 4) is 0 Å². The summed E-state index contributed by atoms with van der Waals surface area (Å²) in [7, 11) is 0. The summed E-state index contributed by atoms with van der Waals surface area (Å²) in [6, 6.07) is 10.8. The molecule has 0 saturated carbocycles. The van der Waals surface area contributed by atoms with E-state index in [1.807, 2.05) is 0 Å². The second kappa shape index (κ2) is 5.26. The van der Waals surface area contributed by atoms with Gasteiger partial charge in [0.15, 0.2) is 0 Å². The van der Waals surface area contributed by atoms with E-state index >= 15 is 0 Å². The van der Waals surface area contributed by atoms with E-state index < -0.39 is 21.4 Å². The molecule has 1 fully saturated rings. The van der Waals surface area contributed by atoms with Gasteiger partial charge in [-0.3, -0.25) is 0 Å². The Bertz CT molecular complexity index is 875. The van der Waals surface area contributed by atoms with E-state index in [0.29, 0.717) is 3.67 Å². The molecule has 112 valence electrons. The van der Waals surface area contributed by atoms with Crippen LogP contribution in [0.3, 0.4) is 0 Å². The van der Waals surface area contributed by atoms with Gasteiger partial charge in [-0.05, 0) is 0 Å². The number of carbonyl (C=O) groups excluding carboxylic acids is 2. The van der Waals surface area contributed by atoms with Crippen molar-refractivity contribution in [3.05, 3.63) is 55.0 Å². The third-order valence-corrected chi connectivity index (χ3v) is 18.6. The Kier molecular flexibility index (Phi) is 3.29. The van der Waals surface area contributed by atoms with Crippen molar-refractivity contribution in [1.82, 2.24) is 5.32 Å². The number of allylic oxidation sites excluding steroid dienone is 1. The molecule has 2 amide bonds. The molecule has 2 atom stereocenters. The Morgan fingerprint density at radius 3 is 2.78 bits per heavy atom. The van der Waals surface area contributed by atoms with E-state index in [9.17, 15) is 9.59 Å². The second-order valence-corrected chi connectivity index (χ2v) is 17.0. The molecule has 4 bridgehead atoms. The number of carbonyl (C=O) groups is 2. The predicted octanol–water partition coefficient (Wildman–Crippen LogP) is 2.62. The second-order valence-electron chi connectivity index (χ2n) is 6.14. The minimum absolute atomic E-state index is 0.0857. The maximum absolute atomic E-state index is 12.3. The normalized spacial score (nSPS) is 24.3. The molecule has 1 N–H and O–H groups in total. The fourth-order valence-electron chi connectivity index (χ4n) is 4.13. The van der Waals surface area contributed by atoms with Gasteiger partial charge in [-0.15, -0.1) is 0 Å². The molecule has 0 radical (unpaired) electrons. The molecule has 2 aromatic rings. The first kappa shape index (κ1) is 14.4. The van der Waals surface area contributed by atoms with Crippen molar-refractivity contribution in [1.29, 1.82) is 0 Å². The summed E-state index contributed by atoms with van der Waals surface area (Å²) < 4.78 is 3.42. The Morgan fingerprint density at radius 1 is 1.17 bits per heavy atom. The Balaban J connectivity index is 1.55. The summed E-state index contributed by atoms with van der Waals surface area (Å²) in [6.07, 6.45) is 3.41. The minimum atomic E-state index is -2.29. The quantitative estimate of drug-likeness (QED) is 0.797. The topological polar surface area (TPSA) is 46.2 Å². The first-order valence-corrected chi connectivity index (χ1v) is 14.6. The molecular weight excluding hydrogens is 429 g/mol. The van der Waals surface area contributed by atoms with Gasteiger partial charge in [-0.1, -0.05) is 0 Å². The molecule has 1 aromatic heterocycles. The van der Waals surface area contributed by atoms with E-state index in [2.05, 4.69) is 47.1 Å². The van der Waals surface area contributed by atoms with E-state index in [4.69, 9.17) is 0 Å². The predicted molar refractivity (Wildman–Crippen MR) is 95.5 cm³/mol. The molecule has 3 aliphatic rings. The number of thioether (sulfide) groups is 1. The number of imide groups is 1. The van der Waals surface area contributed by atoms with Crippen LogP contribution in [0.4, 0.5) is 4.79 Å². The van der Waals surface area contributed by atoms with Gasteiger partial charge in [0.25, 0.3) is 0 Å². The number of hydrogen-bond acceptors (Lipinski definition) is 4. The number of amides is 2. The van der Waals surface area contributed by atoms with Crippen molar-refractivity contribution < 1.29 is 9.59 Å². The molecule has 1 saturated heterocycles. The Labute approximate surface area is 149 Å². The van der Waals surface area contributed by atoms with Gasteiger partial charge >= 0.3 is 150 Å². The maximum atomic E-state index is 12.3. The third-order valence-electron chi connectivity index (χ3n) is 4.96. The van der Waals surface area contributed by atoms with Crippen LogP contribution in [0.1, 0.15) is 19.7 Å². The van der Waals surface area contributed by atoms with Crippen LogP contribution >= 0.6 is 23.1 Å².